The topological polar surface area (TPSA) is 34.1 Å². The predicted molar refractivity (Wildman–Crippen MR) is 125 cm³/mol. The minimum atomic E-state index is -0.750. The lowest BCUT2D eigenvalue weighted by molar-refractivity contribution is 0.630. The van der Waals surface area contributed by atoms with Crippen molar-refractivity contribution in [1.82, 2.24) is 0 Å². The molecule has 0 bridgehead atoms. The number of alkyl halides is 1. The van der Waals surface area contributed by atoms with Crippen LogP contribution in [0.5, 0.6) is 0 Å². The highest BCUT2D eigenvalue weighted by Crippen LogP contribution is 2.11. The molecule has 0 amide bonds. The fraction of sp³-hybridized carbons (Fsp3) is 0.391. The highest BCUT2D eigenvalue weighted by molar-refractivity contribution is 9.09. The summed E-state index contributed by atoms with van der Waals surface area (Å²) < 4.78 is 16.6. The largest absolute Gasteiger partial charge is 0.335 e. The molecule has 0 fully saturated rings. The summed E-state index contributed by atoms with van der Waals surface area (Å²) in [5.74, 6) is 0. The lowest BCUT2D eigenvalue weighted by Crippen LogP contribution is -1.81. The second kappa shape index (κ2) is 20.8. The Morgan fingerprint density at radius 1 is 0.926 bits per heavy atom. The van der Waals surface area contributed by atoms with Gasteiger partial charge in [-0.2, -0.15) is 8.42 Å². The SMILES string of the molecule is C=Cc1ccccc1.CC(C)=CCC/C(C)=C/CC/C(C)=C/CBr.O=S=O. The molecule has 0 aliphatic heterocycles. The summed E-state index contributed by atoms with van der Waals surface area (Å²) in [5, 5.41) is 0.974. The van der Waals surface area contributed by atoms with Crippen LogP contribution in [0, 0.1) is 0 Å². The number of allylic oxidation sites excluding steroid dienone is 6. The van der Waals surface area contributed by atoms with Gasteiger partial charge < -0.3 is 0 Å². The first-order chi connectivity index (χ1) is 12.9. The van der Waals surface area contributed by atoms with E-state index in [2.05, 4.69) is 68.4 Å². The van der Waals surface area contributed by atoms with E-state index in [-0.39, 0.29) is 0 Å². The molecule has 0 unspecified atom stereocenters. The Kier molecular flexibility index (Phi) is 21.3. The van der Waals surface area contributed by atoms with Gasteiger partial charge in [0.15, 0.2) is 0 Å². The molecule has 0 aromatic heterocycles. The fourth-order valence-corrected chi connectivity index (χ4v) is 2.61. The van der Waals surface area contributed by atoms with Crippen LogP contribution in [-0.2, 0) is 11.6 Å². The zero-order valence-corrected chi connectivity index (χ0v) is 19.4. The highest BCUT2D eigenvalue weighted by Gasteiger charge is 1.91. The van der Waals surface area contributed by atoms with E-state index in [1.165, 1.54) is 48.0 Å². The molecular weight excluding hydrogens is 420 g/mol. The molecule has 0 radical (unpaired) electrons. The van der Waals surface area contributed by atoms with Gasteiger partial charge in [0.2, 0.25) is 0 Å². The molecule has 0 N–H and O–H groups in total. The quantitative estimate of drug-likeness (QED) is 0.302. The van der Waals surface area contributed by atoms with Gasteiger partial charge in [0.05, 0.1) is 0 Å². The zero-order valence-electron chi connectivity index (χ0n) is 17.0. The van der Waals surface area contributed by atoms with Crippen LogP contribution in [0.25, 0.3) is 6.08 Å². The van der Waals surface area contributed by atoms with Crippen molar-refractivity contribution in [2.24, 2.45) is 0 Å². The first kappa shape index (κ1) is 27.7. The lowest BCUT2D eigenvalue weighted by Gasteiger charge is -2.00. The van der Waals surface area contributed by atoms with Crippen molar-refractivity contribution in [3.63, 3.8) is 0 Å². The smallest absolute Gasteiger partial charge is 0.168 e. The average Bonchev–Trinajstić information content (AvgIpc) is 2.63. The van der Waals surface area contributed by atoms with E-state index in [4.69, 9.17) is 8.42 Å². The van der Waals surface area contributed by atoms with Crippen LogP contribution in [0.1, 0.15) is 58.9 Å². The number of halogens is 1. The fourth-order valence-electron chi connectivity index (χ4n) is 2.06. The minimum absolute atomic E-state index is 0.750. The second-order valence-corrected chi connectivity index (χ2v) is 7.08. The Morgan fingerprint density at radius 2 is 1.41 bits per heavy atom. The lowest BCUT2D eigenvalue weighted by atomic mass is 10.1. The third-order valence-electron chi connectivity index (χ3n) is 3.58. The first-order valence-electron chi connectivity index (χ1n) is 9.01. The zero-order chi connectivity index (χ0) is 20.9. The molecule has 4 heteroatoms. The van der Waals surface area contributed by atoms with Gasteiger partial charge in [-0.25, -0.2) is 0 Å². The van der Waals surface area contributed by atoms with Gasteiger partial charge in [-0.05, 0) is 58.9 Å². The third kappa shape index (κ3) is 22.4. The summed E-state index contributed by atoms with van der Waals surface area (Å²) in [5.41, 5.74) is 5.59. The van der Waals surface area contributed by atoms with E-state index < -0.39 is 11.6 Å². The first-order valence-corrected chi connectivity index (χ1v) is 10.8. The van der Waals surface area contributed by atoms with Crippen LogP contribution in [0.2, 0.25) is 0 Å². The number of benzene rings is 1. The normalized spacial score (nSPS) is 10.6. The van der Waals surface area contributed by atoms with Crippen LogP contribution >= 0.6 is 15.9 Å². The van der Waals surface area contributed by atoms with E-state index in [1.54, 1.807) is 0 Å². The number of hydrogen-bond donors (Lipinski definition) is 0. The van der Waals surface area contributed by atoms with Crippen LogP contribution in [-0.4, -0.2) is 13.7 Å². The maximum absolute atomic E-state index is 8.29. The Balaban J connectivity index is 0. The van der Waals surface area contributed by atoms with Crippen LogP contribution in [0.4, 0.5) is 0 Å². The monoisotopic (exact) mass is 452 g/mol. The Morgan fingerprint density at radius 3 is 1.81 bits per heavy atom. The van der Waals surface area contributed by atoms with Gasteiger partial charge in [-0.15, -0.1) is 0 Å². The molecular formula is C23H33BrO2S. The molecule has 0 aliphatic rings. The summed E-state index contributed by atoms with van der Waals surface area (Å²) >= 11 is 2.67. The van der Waals surface area contributed by atoms with Crippen molar-refractivity contribution in [2.45, 2.75) is 53.4 Å². The molecule has 0 heterocycles. The van der Waals surface area contributed by atoms with Crippen LogP contribution in [0.15, 0.2) is 71.9 Å². The van der Waals surface area contributed by atoms with Crippen molar-refractivity contribution in [3.8, 4) is 0 Å². The molecule has 150 valence electrons. The van der Waals surface area contributed by atoms with Crippen LogP contribution in [0.3, 0.4) is 0 Å². The molecule has 1 aromatic carbocycles. The van der Waals surface area contributed by atoms with Gasteiger partial charge in [0.1, 0.15) is 0 Å². The van der Waals surface area contributed by atoms with Crippen LogP contribution < -0.4 is 0 Å². The molecule has 0 saturated carbocycles. The molecule has 1 aromatic rings. The van der Waals surface area contributed by atoms with E-state index in [1.807, 2.05) is 36.4 Å². The molecule has 0 saturated heterocycles. The molecule has 2 nitrogen and oxygen atoms in total. The van der Waals surface area contributed by atoms with Crippen molar-refractivity contribution < 1.29 is 8.42 Å². The summed E-state index contributed by atoms with van der Waals surface area (Å²) in [4.78, 5) is 0. The second-order valence-electron chi connectivity index (χ2n) is 6.30. The molecule has 0 spiro atoms. The Hall–Kier alpha value is -1.52. The van der Waals surface area contributed by atoms with E-state index in [9.17, 15) is 0 Å². The van der Waals surface area contributed by atoms with Gasteiger partial charge in [-0.3, -0.25) is 0 Å². The summed E-state index contributed by atoms with van der Waals surface area (Å²) in [7, 11) is 0. The molecule has 0 aliphatic carbocycles. The van der Waals surface area contributed by atoms with E-state index in [0.717, 1.165) is 5.33 Å². The van der Waals surface area contributed by atoms with Gasteiger partial charge >= 0.3 is 11.6 Å². The van der Waals surface area contributed by atoms with Gasteiger partial charge in [-0.1, -0.05) is 93.9 Å². The minimum Gasteiger partial charge on any atom is -0.168 e. The third-order valence-corrected chi connectivity index (χ3v) is 3.91. The van der Waals surface area contributed by atoms with E-state index in [0.29, 0.717) is 0 Å². The number of hydrogen-bond acceptors (Lipinski definition) is 2. The maximum Gasteiger partial charge on any atom is 0.335 e. The molecule has 1 rings (SSSR count). The average molecular weight is 453 g/mol. The molecule has 0 atom stereocenters. The van der Waals surface area contributed by atoms with Crippen molar-refractivity contribution in [1.29, 1.82) is 0 Å². The maximum atomic E-state index is 8.29. The Labute approximate surface area is 177 Å². The van der Waals surface area contributed by atoms with Crippen molar-refractivity contribution in [2.75, 3.05) is 5.33 Å². The van der Waals surface area contributed by atoms with Gasteiger partial charge in [0.25, 0.3) is 0 Å². The predicted octanol–water partition coefficient (Wildman–Crippen LogP) is 7.46. The van der Waals surface area contributed by atoms with Crippen molar-refractivity contribution in [3.05, 3.63) is 77.4 Å². The molecule has 27 heavy (non-hydrogen) atoms. The highest BCUT2D eigenvalue weighted by atomic mass is 79.9. The summed E-state index contributed by atoms with van der Waals surface area (Å²) in [6.45, 7) is 12.4. The van der Waals surface area contributed by atoms with E-state index >= 15 is 0 Å². The van der Waals surface area contributed by atoms with Crippen molar-refractivity contribution >= 4 is 33.6 Å². The summed E-state index contributed by atoms with van der Waals surface area (Å²) in [6, 6.07) is 10.0. The Bertz CT molecular complexity index is 621. The summed E-state index contributed by atoms with van der Waals surface area (Å²) in [6.07, 6.45) is 13.5. The number of rotatable bonds is 8. The standard InChI is InChI=1S/C15H25Br.C8H8.O2S/c1-13(2)7-5-8-14(3)9-6-10-15(4)11-12-16;1-2-8-6-4-3-5-7-8;1-3-2/h7,9,11H,5-6,8,10,12H2,1-4H3;2-7H,1H2;/b14-9+,15-11+;;. The van der Waals surface area contributed by atoms with Gasteiger partial charge in [0, 0.05) is 5.33 Å².